The number of nitrogens with two attached hydrogens (primary N) is 3. The first-order chi connectivity index (χ1) is 22.9. The smallest absolute Gasteiger partial charge is 0.271 e. The highest BCUT2D eigenvalue weighted by Gasteiger charge is 2.19. The lowest BCUT2D eigenvalue weighted by atomic mass is 9.87. The molecule has 0 unspecified atom stereocenters. The average molecular weight is 612 g/mol. The van der Waals surface area contributed by atoms with E-state index in [-0.39, 0.29) is 0 Å². The lowest BCUT2D eigenvalue weighted by Crippen LogP contribution is -2.62. The van der Waals surface area contributed by atoms with Crippen molar-refractivity contribution in [2.45, 2.75) is 5.97 Å². The summed E-state index contributed by atoms with van der Waals surface area (Å²) < 4.78 is 11.4. The molecule has 0 fully saturated rings. The molecule has 6 N–H and O–H groups in total. The maximum Gasteiger partial charge on any atom is 0.271 e. The first-order valence-corrected chi connectivity index (χ1v) is 15.6. The lowest BCUT2D eigenvalue weighted by Gasteiger charge is -2.22. The number of rotatable bonds is 6. The van der Waals surface area contributed by atoms with Crippen LogP contribution in [0.15, 0.2) is 146 Å². The molecule has 0 saturated heterocycles. The van der Waals surface area contributed by atoms with Crippen LogP contribution >= 0.6 is 0 Å². The number of methoxy groups -OCH3 is 1. The zero-order valence-corrected chi connectivity index (χ0v) is 25.9. The number of fused-ring (bicyclic) bond motifs is 4. The van der Waals surface area contributed by atoms with Crippen LogP contribution < -0.4 is 26.7 Å². The topological polar surface area (TPSA) is 96.5 Å². The van der Waals surface area contributed by atoms with Crippen molar-refractivity contribution in [1.82, 2.24) is 0 Å². The van der Waals surface area contributed by atoms with E-state index in [9.17, 15) is 0 Å². The SMILES string of the molecule is COc1ccc(-c2ccc(-c3cccc4c(-c5ccc(OC(N)(N)N)c6ccccc56)cccc34)c3ccccc23)c2ccccc12. The van der Waals surface area contributed by atoms with E-state index in [1.54, 1.807) is 7.11 Å². The maximum atomic E-state index is 5.80. The summed E-state index contributed by atoms with van der Waals surface area (Å²) in [6, 6.07) is 50.9. The Morgan fingerprint density at radius 1 is 0.340 bits per heavy atom. The molecule has 8 aromatic rings. The van der Waals surface area contributed by atoms with Gasteiger partial charge in [-0.05, 0) is 77.8 Å². The Labute approximate surface area is 272 Å². The molecule has 0 atom stereocenters. The Morgan fingerprint density at radius 3 is 1.04 bits per heavy atom. The zero-order chi connectivity index (χ0) is 32.1. The van der Waals surface area contributed by atoms with Crippen molar-refractivity contribution in [3.05, 3.63) is 146 Å². The van der Waals surface area contributed by atoms with Gasteiger partial charge in [0.1, 0.15) is 11.5 Å². The van der Waals surface area contributed by atoms with Crippen molar-refractivity contribution in [1.29, 1.82) is 0 Å². The molecule has 0 radical (unpaired) electrons. The Hall–Kier alpha value is -5.72. The van der Waals surface area contributed by atoms with Gasteiger partial charge in [-0.1, -0.05) is 133 Å². The largest absolute Gasteiger partial charge is 0.496 e. The molecule has 0 saturated carbocycles. The molecule has 0 aliphatic rings. The molecule has 8 aromatic carbocycles. The van der Waals surface area contributed by atoms with E-state index in [1.807, 2.05) is 30.3 Å². The highest BCUT2D eigenvalue weighted by atomic mass is 16.5. The third kappa shape index (κ3) is 4.94. The molecule has 228 valence electrons. The van der Waals surface area contributed by atoms with E-state index in [4.69, 9.17) is 26.7 Å². The van der Waals surface area contributed by atoms with Crippen LogP contribution in [0.2, 0.25) is 0 Å². The normalized spacial score (nSPS) is 11.8. The van der Waals surface area contributed by atoms with Gasteiger partial charge in [0.15, 0.2) is 0 Å². The van der Waals surface area contributed by atoms with Gasteiger partial charge in [-0.15, -0.1) is 0 Å². The fourth-order valence-corrected chi connectivity index (χ4v) is 7.02. The molecule has 8 rings (SSSR count). The Balaban J connectivity index is 1.32. The van der Waals surface area contributed by atoms with Crippen molar-refractivity contribution in [2.75, 3.05) is 7.11 Å². The number of hydrogen-bond donors (Lipinski definition) is 3. The molecule has 0 amide bonds. The van der Waals surface area contributed by atoms with Gasteiger partial charge >= 0.3 is 0 Å². The summed E-state index contributed by atoms with van der Waals surface area (Å²) in [6.45, 7) is 0. The molecular weight excluding hydrogens is 578 g/mol. The van der Waals surface area contributed by atoms with Crippen LogP contribution in [-0.2, 0) is 0 Å². The highest BCUT2D eigenvalue weighted by Crippen LogP contribution is 2.44. The standard InChI is InChI=1S/C42H33N3O2/c1-46-40-24-22-37(32-12-4-6-14-38(32)40)35-21-20-34(26-10-2-3-11-27(26)35)30-18-8-17-29-28(30)16-9-19-31(29)36-23-25-41(47-42(43,44)45)39-15-7-5-13-33(36)39/h2-25H,43-45H2,1H3. The molecule has 0 aliphatic carbocycles. The highest BCUT2D eigenvalue weighted by molar-refractivity contribution is 6.15. The van der Waals surface area contributed by atoms with Crippen molar-refractivity contribution >= 4 is 43.1 Å². The average Bonchev–Trinajstić information content (AvgIpc) is 3.10. The van der Waals surface area contributed by atoms with Crippen LogP contribution in [0.3, 0.4) is 0 Å². The molecule has 0 aliphatic heterocycles. The predicted molar refractivity (Wildman–Crippen MR) is 195 cm³/mol. The summed E-state index contributed by atoms with van der Waals surface area (Å²) >= 11 is 0. The van der Waals surface area contributed by atoms with Crippen LogP contribution in [0, 0.1) is 0 Å². The Bertz CT molecular complexity index is 2480. The summed E-state index contributed by atoms with van der Waals surface area (Å²) in [5, 5.41) is 8.90. The third-order valence-electron chi connectivity index (χ3n) is 8.99. The maximum absolute atomic E-state index is 5.80. The summed E-state index contributed by atoms with van der Waals surface area (Å²) in [4.78, 5) is 0. The first kappa shape index (κ1) is 28.7. The van der Waals surface area contributed by atoms with Crippen molar-refractivity contribution in [2.24, 2.45) is 17.2 Å². The lowest BCUT2D eigenvalue weighted by molar-refractivity contribution is 0.0921. The monoisotopic (exact) mass is 611 g/mol. The van der Waals surface area contributed by atoms with Gasteiger partial charge < -0.3 is 9.47 Å². The van der Waals surface area contributed by atoms with Crippen LogP contribution in [0.5, 0.6) is 11.5 Å². The zero-order valence-electron chi connectivity index (χ0n) is 25.9. The minimum absolute atomic E-state index is 0.536. The fraction of sp³-hybridized carbons (Fsp3) is 0.0476. The van der Waals surface area contributed by atoms with Crippen LogP contribution in [0.25, 0.3) is 76.5 Å². The Kier molecular flexibility index (Phi) is 6.89. The summed E-state index contributed by atoms with van der Waals surface area (Å²) in [5.74, 6) is -0.371. The predicted octanol–water partition coefficient (Wildman–Crippen LogP) is 9.18. The van der Waals surface area contributed by atoms with Crippen LogP contribution in [0.4, 0.5) is 0 Å². The number of hydrogen-bond acceptors (Lipinski definition) is 5. The fourth-order valence-electron chi connectivity index (χ4n) is 7.02. The third-order valence-corrected chi connectivity index (χ3v) is 8.99. The molecule has 0 aromatic heterocycles. The van der Waals surface area contributed by atoms with Gasteiger partial charge in [0.2, 0.25) is 0 Å². The van der Waals surface area contributed by atoms with E-state index in [2.05, 4.69) is 115 Å². The minimum Gasteiger partial charge on any atom is -0.496 e. The van der Waals surface area contributed by atoms with E-state index < -0.39 is 5.97 Å². The molecule has 47 heavy (non-hydrogen) atoms. The summed E-state index contributed by atoms with van der Waals surface area (Å²) in [6.07, 6.45) is 0. The Morgan fingerprint density at radius 2 is 0.638 bits per heavy atom. The van der Waals surface area contributed by atoms with Gasteiger partial charge in [0, 0.05) is 10.8 Å². The van der Waals surface area contributed by atoms with E-state index in [0.717, 1.165) is 38.4 Å². The molecular formula is C42H33N3O2. The summed E-state index contributed by atoms with van der Waals surface area (Å²) in [7, 11) is 1.72. The van der Waals surface area contributed by atoms with Crippen molar-refractivity contribution < 1.29 is 9.47 Å². The second-order valence-electron chi connectivity index (χ2n) is 11.9. The van der Waals surface area contributed by atoms with E-state index in [1.165, 1.54) is 43.8 Å². The van der Waals surface area contributed by atoms with E-state index in [0.29, 0.717) is 5.75 Å². The summed E-state index contributed by atoms with van der Waals surface area (Å²) in [5.41, 5.74) is 24.3. The molecule has 0 spiro atoms. The van der Waals surface area contributed by atoms with Crippen molar-refractivity contribution in [3.63, 3.8) is 0 Å². The molecule has 5 heteroatoms. The second-order valence-corrected chi connectivity index (χ2v) is 11.9. The van der Waals surface area contributed by atoms with Crippen LogP contribution in [-0.4, -0.2) is 13.1 Å². The quantitative estimate of drug-likeness (QED) is 0.163. The van der Waals surface area contributed by atoms with Gasteiger partial charge in [-0.25, -0.2) is 0 Å². The van der Waals surface area contributed by atoms with E-state index >= 15 is 0 Å². The number of ether oxygens (including phenoxy) is 2. The second kappa shape index (κ2) is 11.3. The van der Waals surface area contributed by atoms with Gasteiger partial charge in [-0.2, -0.15) is 0 Å². The molecule has 0 heterocycles. The van der Waals surface area contributed by atoms with Crippen molar-refractivity contribution in [3.8, 4) is 44.9 Å². The van der Waals surface area contributed by atoms with Gasteiger partial charge in [-0.3, -0.25) is 17.2 Å². The molecule has 0 bridgehead atoms. The molecule has 5 nitrogen and oxygen atoms in total. The number of benzene rings is 8. The minimum atomic E-state index is -1.78. The van der Waals surface area contributed by atoms with Crippen LogP contribution in [0.1, 0.15) is 0 Å². The van der Waals surface area contributed by atoms with Gasteiger partial charge in [0.05, 0.1) is 7.11 Å². The van der Waals surface area contributed by atoms with Gasteiger partial charge in [0.25, 0.3) is 5.97 Å². The first-order valence-electron chi connectivity index (χ1n) is 15.6.